The molecule has 5 nitrogen and oxygen atoms in total. The molecule has 1 aliphatic rings. The number of pyridine rings is 1. The molecule has 0 unspecified atom stereocenters. The summed E-state index contributed by atoms with van der Waals surface area (Å²) in [6.07, 6.45) is 5.45. The van der Waals surface area contributed by atoms with E-state index in [2.05, 4.69) is 10.3 Å². The number of benzene rings is 1. The van der Waals surface area contributed by atoms with Crippen LogP contribution in [0.25, 0.3) is 5.52 Å². The first-order valence-electron chi connectivity index (χ1n) is 7.45. The van der Waals surface area contributed by atoms with Crippen LogP contribution in [0.4, 0.5) is 15.9 Å². The number of anilines is 2. The Bertz CT molecular complexity index is 914. The van der Waals surface area contributed by atoms with Crippen molar-refractivity contribution in [3.8, 4) is 0 Å². The molecule has 0 atom stereocenters. The van der Waals surface area contributed by atoms with E-state index in [1.54, 1.807) is 41.2 Å². The number of carbonyl (C=O) groups is 1. The number of imidazole rings is 1. The van der Waals surface area contributed by atoms with Crippen molar-refractivity contribution >= 4 is 22.9 Å². The van der Waals surface area contributed by atoms with Crippen molar-refractivity contribution in [3.63, 3.8) is 0 Å². The number of hydrogen-bond donors (Lipinski definition) is 2. The molecular weight excluding hydrogens is 295 g/mol. The van der Waals surface area contributed by atoms with Crippen molar-refractivity contribution in [1.29, 1.82) is 0 Å². The number of amides is 1. The number of hydrogen-bond acceptors (Lipinski definition) is 3. The van der Waals surface area contributed by atoms with E-state index in [9.17, 15) is 9.18 Å². The summed E-state index contributed by atoms with van der Waals surface area (Å²) < 4.78 is 16.1. The number of nitrogens with zero attached hydrogens (tertiary/aromatic N) is 2. The number of halogens is 1. The average molecular weight is 310 g/mol. The zero-order chi connectivity index (χ0) is 16.0. The van der Waals surface area contributed by atoms with Gasteiger partial charge in [0.1, 0.15) is 18.0 Å². The van der Waals surface area contributed by atoms with Gasteiger partial charge in [0.15, 0.2) is 0 Å². The monoisotopic (exact) mass is 310 g/mol. The summed E-state index contributed by atoms with van der Waals surface area (Å²) >= 11 is 0. The van der Waals surface area contributed by atoms with Gasteiger partial charge in [0.05, 0.1) is 23.0 Å². The first-order chi connectivity index (χ1) is 11.1. The standard InChI is InChI=1S/C17H15FN4O/c18-14-7-11(10-1-2-10)3-6-15(14)21-17-13(16(19)23)5-4-12-8-20-9-22(12)17/h3-10,21H,1-2H2,(H2,19,23). The SMILES string of the molecule is NC(=O)c1ccc2cncn2c1Nc1ccc(C2CC2)cc1F. The van der Waals surface area contributed by atoms with Crippen molar-refractivity contribution in [2.75, 3.05) is 5.32 Å². The van der Waals surface area contributed by atoms with E-state index in [0.29, 0.717) is 17.4 Å². The van der Waals surface area contributed by atoms with Crippen LogP contribution < -0.4 is 11.1 Å². The Balaban J connectivity index is 1.78. The first kappa shape index (κ1) is 13.8. The van der Waals surface area contributed by atoms with E-state index >= 15 is 0 Å². The van der Waals surface area contributed by atoms with Crippen LogP contribution in [0.3, 0.4) is 0 Å². The molecule has 23 heavy (non-hydrogen) atoms. The topological polar surface area (TPSA) is 72.4 Å². The minimum absolute atomic E-state index is 0.279. The maximum absolute atomic E-state index is 14.4. The van der Waals surface area contributed by atoms with Gasteiger partial charge < -0.3 is 11.1 Å². The summed E-state index contributed by atoms with van der Waals surface area (Å²) in [4.78, 5) is 15.7. The summed E-state index contributed by atoms with van der Waals surface area (Å²) in [5.74, 6) is -0.0394. The van der Waals surface area contributed by atoms with Gasteiger partial charge in [-0.1, -0.05) is 6.07 Å². The maximum atomic E-state index is 14.4. The second kappa shape index (κ2) is 5.08. The molecule has 2 heterocycles. The quantitative estimate of drug-likeness (QED) is 0.777. The van der Waals surface area contributed by atoms with Crippen LogP contribution in [0.2, 0.25) is 0 Å². The highest BCUT2D eigenvalue weighted by atomic mass is 19.1. The van der Waals surface area contributed by atoms with E-state index in [1.807, 2.05) is 6.07 Å². The first-order valence-corrected chi connectivity index (χ1v) is 7.45. The van der Waals surface area contributed by atoms with Crippen LogP contribution in [0.1, 0.15) is 34.7 Å². The summed E-state index contributed by atoms with van der Waals surface area (Å²) in [6, 6.07) is 8.52. The summed E-state index contributed by atoms with van der Waals surface area (Å²) in [6.45, 7) is 0. The Labute approximate surface area is 131 Å². The van der Waals surface area contributed by atoms with Gasteiger partial charge >= 0.3 is 0 Å². The van der Waals surface area contributed by atoms with E-state index in [0.717, 1.165) is 23.9 Å². The summed E-state index contributed by atoms with van der Waals surface area (Å²) in [5.41, 5.74) is 7.82. The fourth-order valence-corrected chi connectivity index (χ4v) is 2.75. The van der Waals surface area contributed by atoms with Crippen LogP contribution in [-0.4, -0.2) is 15.3 Å². The Hall–Kier alpha value is -2.89. The van der Waals surface area contributed by atoms with Gasteiger partial charge in [0.2, 0.25) is 0 Å². The molecule has 1 amide bonds. The lowest BCUT2D eigenvalue weighted by Gasteiger charge is -2.14. The van der Waals surface area contributed by atoms with Gasteiger partial charge in [-0.2, -0.15) is 0 Å². The molecule has 0 saturated heterocycles. The van der Waals surface area contributed by atoms with Crippen LogP contribution in [0.15, 0.2) is 42.9 Å². The van der Waals surface area contributed by atoms with Gasteiger partial charge in [-0.25, -0.2) is 9.37 Å². The molecule has 1 fully saturated rings. The van der Waals surface area contributed by atoms with Gasteiger partial charge in [0, 0.05) is 0 Å². The fraction of sp³-hybridized carbons (Fsp3) is 0.176. The molecule has 3 aromatic rings. The average Bonchev–Trinajstić information content (AvgIpc) is 3.26. The van der Waals surface area contributed by atoms with Crippen molar-refractivity contribution < 1.29 is 9.18 Å². The normalized spacial score (nSPS) is 14.1. The van der Waals surface area contributed by atoms with Gasteiger partial charge in [0.25, 0.3) is 5.91 Å². The third kappa shape index (κ3) is 2.42. The number of rotatable bonds is 4. The largest absolute Gasteiger partial charge is 0.365 e. The lowest BCUT2D eigenvalue weighted by molar-refractivity contribution is 0.100. The van der Waals surface area contributed by atoms with Crippen LogP contribution >= 0.6 is 0 Å². The molecule has 116 valence electrons. The van der Waals surface area contributed by atoms with E-state index in [4.69, 9.17) is 5.73 Å². The van der Waals surface area contributed by atoms with Crippen molar-refractivity contribution in [3.05, 3.63) is 59.8 Å². The molecule has 0 radical (unpaired) electrons. The smallest absolute Gasteiger partial charge is 0.252 e. The van der Waals surface area contributed by atoms with Crippen LogP contribution in [0.5, 0.6) is 0 Å². The molecule has 4 rings (SSSR count). The highest BCUT2D eigenvalue weighted by Gasteiger charge is 2.24. The molecule has 1 aliphatic carbocycles. The number of carbonyl (C=O) groups excluding carboxylic acids is 1. The van der Waals surface area contributed by atoms with Crippen molar-refractivity contribution in [2.24, 2.45) is 5.73 Å². The van der Waals surface area contributed by atoms with Gasteiger partial charge in [-0.15, -0.1) is 0 Å². The molecule has 3 N–H and O–H groups in total. The second-order valence-corrected chi connectivity index (χ2v) is 5.79. The van der Waals surface area contributed by atoms with E-state index in [1.165, 1.54) is 0 Å². The fourth-order valence-electron chi connectivity index (χ4n) is 2.75. The Morgan fingerprint density at radius 1 is 1.30 bits per heavy atom. The lowest BCUT2D eigenvalue weighted by Crippen LogP contribution is -2.15. The Morgan fingerprint density at radius 2 is 2.13 bits per heavy atom. The molecule has 0 spiro atoms. The zero-order valence-electron chi connectivity index (χ0n) is 12.3. The van der Waals surface area contributed by atoms with Crippen LogP contribution in [0, 0.1) is 5.82 Å². The zero-order valence-corrected chi connectivity index (χ0v) is 12.3. The van der Waals surface area contributed by atoms with Crippen LogP contribution in [-0.2, 0) is 0 Å². The maximum Gasteiger partial charge on any atom is 0.252 e. The highest BCUT2D eigenvalue weighted by molar-refractivity contribution is 5.99. The number of fused-ring (bicyclic) bond motifs is 1. The number of nitrogens with one attached hydrogen (secondary N) is 1. The predicted octanol–water partition coefficient (Wildman–Crippen LogP) is 3.19. The van der Waals surface area contributed by atoms with E-state index in [-0.39, 0.29) is 11.4 Å². The number of primary amides is 1. The minimum Gasteiger partial charge on any atom is -0.365 e. The van der Waals surface area contributed by atoms with E-state index < -0.39 is 5.91 Å². The molecule has 0 bridgehead atoms. The highest BCUT2D eigenvalue weighted by Crippen LogP contribution is 2.41. The van der Waals surface area contributed by atoms with Gasteiger partial charge in [-0.05, 0) is 48.6 Å². The summed E-state index contributed by atoms with van der Waals surface area (Å²) in [5, 5.41) is 2.98. The molecule has 2 aromatic heterocycles. The predicted molar refractivity (Wildman–Crippen MR) is 85.4 cm³/mol. The molecular formula is C17H15FN4O. The summed E-state index contributed by atoms with van der Waals surface area (Å²) in [7, 11) is 0. The third-order valence-corrected chi connectivity index (χ3v) is 4.14. The molecule has 1 aromatic carbocycles. The van der Waals surface area contributed by atoms with Crippen molar-refractivity contribution in [2.45, 2.75) is 18.8 Å². The third-order valence-electron chi connectivity index (χ3n) is 4.14. The Morgan fingerprint density at radius 3 is 2.83 bits per heavy atom. The molecule has 6 heteroatoms. The number of nitrogens with two attached hydrogens (primary N) is 1. The molecule has 0 aliphatic heterocycles. The van der Waals surface area contributed by atoms with Gasteiger partial charge in [-0.3, -0.25) is 9.20 Å². The van der Waals surface area contributed by atoms with Crippen molar-refractivity contribution in [1.82, 2.24) is 9.38 Å². The lowest BCUT2D eigenvalue weighted by atomic mass is 10.1. The molecule has 1 saturated carbocycles. The minimum atomic E-state index is -0.585. The number of aromatic nitrogens is 2. The Kier molecular flexibility index (Phi) is 3.04. The second-order valence-electron chi connectivity index (χ2n) is 5.79.